The predicted octanol–water partition coefficient (Wildman–Crippen LogP) is 4.73. The topological polar surface area (TPSA) is 60.5 Å². The molecule has 3 aromatic rings. The molecule has 3 rings (SSSR count). The monoisotopic (exact) mass is 416 g/mol. The summed E-state index contributed by atoms with van der Waals surface area (Å²) in [6.07, 6.45) is 0. The second kappa shape index (κ2) is 9.68. The molecule has 0 aliphatic heterocycles. The maximum atomic E-state index is 12.6. The molecule has 0 aliphatic carbocycles. The van der Waals surface area contributed by atoms with Crippen LogP contribution in [0.4, 0.5) is 0 Å². The van der Waals surface area contributed by atoms with Crippen LogP contribution >= 0.6 is 22.9 Å². The molecule has 1 amide bonds. The third-order valence-electron chi connectivity index (χ3n) is 4.00. The summed E-state index contributed by atoms with van der Waals surface area (Å²) in [6.45, 7) is 3.27. The Bertz CT molecular complexity index is 941. The van der Waals surface area contributed by atoms with Gasteiger partial charge in [-0.2, -0.15) is 0 Å². The molecule has 1 aromatic heterocycles. The number of carbonyl (C=O) groups is 1. The van der Waals surface area contributed by atoms with E-state index in [4.69, 9.17) is 21.1 Å². The standard InChI is InChI=1S/C21H21ClN2O3S/c1-14-19(28-21(24-14)16-6-8-17(22)9-7-16)20(25)23-13-15-4-3-5-18(12-15)27-11-10-26-2/h3-9,12H,10-11,13H2,1-2H3,(H,23,25). The highest BCUT2D eigenvalue weighted by atomic mass is 35.5. The predicted molar refractivity (Wildman–Crippen MR) is 112 cm³/mol. The SMILES string of the molecule is COCCOc1cccc(CNC(=O)c2sc(-c3ccc(Cl)cc3)nc2C)c1. The van der Waals surface area contributed by atoms with Gasteiger partial charge in [-0.05, 0) is 36.8 Å². The summed E-state index contributed by atoms with van der Waals surface area (Å²) in [4.78, 5) is 17.8. The first kappa shape index (κ1) is 20.3. The lowest BCUT2D eigenvalue weighted by atomic mass is 10.2. The summed E-state index contributed by atoms with van der Waals surface area (Å²) < 4.78 is 10.6. The van der Waals surface area contributed by atoms with Crippen molar-refractivity contribution in [2.45, 2.75) is 13.5 Å². The number of methoxy groups -OCH3 is 1. The molecule has 0 fully saturated rings. The highest BCUT2D eigenvalue weighted by Crippen LogP contribution is 2.28. The van der Waals surface area contributed by atoms with Crippen molar-refractivity contribution in [3.8, 4) is 16.3 Å². The number of hydrogen-bond acceptors (Lipinski definition) is 5. The van der Waals surface area contributed by atoms with Crippen molar-refractivity contribution in [1.29, 1.82) is 0 Å². The van der Waals surface area contributed by atoms with Crippen LogP contribution in [0.2, 0.25) is 5.02 Å². The number of ether oxygens (including phenoxy) is 2. The van der Waals surface area contributed by atoms with Gasteiger partial charge in [0.1, 0.15) is 22.2 Å². The van der Waals surface area contributed by atoms with Gasteiger partial charge in [0.25, 0.3) is 5.91 Å². The van der Waals surface area contributed by atoms with Gasteiger partial charge in [0, 0.05) is 24.2 Å². The van der Waals surface area contributed by atoms with E-state index in [1.807, 2.05) is 55.5 Å². The van der Waals surface area contributed by atoms with Gasteiger partial charge in [-0.1, -0.05) is 35.9 Å². The molecule has 0 bridgehead atoms. The summed E-state index contributed by atoms with van der Waals surface area (Å²) in [5, 5.41) is 4.42. The summed E-state index contributed by atoms with van der Waals surface area (Å²) in [7, 11) is 1.63. The fourth-order valence-corrected chi connectivity index (χ4v) is 3.69. The summed E-state index contributed by atoms with van der Waals surface area (Å²) in [5.41, 5.74) is 2.62. The number of nitrogens with one attached hydrogen (secondary N) is 1. The van der Waals surface area contributed by atoms with Gasteiger partial charge in [-0.3, -0.25) is 4.79 Å². The number of rotatable bonds is 8. The van der Waals surface area contributed by atoms with Crippen molar-refractivity contribution in [3.63, 3.8) is 0 Å². The third kappa shape index (κ3) is 5.32. The lowest BCUT2D eigenvalue weighted by molar-refractivity contribution is 0.0954. The van der Waals surface area contributed by atoms with Crippen LogP contribution in [0.15, 0.2) is 48.5 Å². The number of aromatic nitrogens is 1. The van der Waals surface area contributed by atoms with Gasteiger partial charge < -0.3 is 14.8 Å². The Labute approximate surface area is 173 Å². The Morgan fingerprint density at radius 3 is 2.71 bits per heavy atom. The van der Waals surface area contributed by atoms with Crippen molar-refractivity contribution in [3.05, 3.63) is 69.7 Å². The quantitative estimate of drug-likeness (QED) is 0.539. The molecule has 1 N–H and O–H groups in total. The van der Waals surface area contributed by atoms with Crippen molar-refractivity contribution < 1.29 is 14.3 Å². The second-order valence-corrected chi connectivity index (χ2v) is 7.55. The van der Waals surface area contributed by atoms with Crippen molar-refractivity contribution in [2.24, 2.45) is 0 Å². The van der Waals surface area contributed by atoms with Gasteiger partial charge in [-0.15, -0.1) is 11.3 Å². The normalized spacial score (nSPS) is 10.7. The van der Waals surface area contributed by atoms with E-state index in [0.717, 1.165) is 21.9 Å². The van der Waals surface area contributed by atoms with E-state index in [-0.39, 0.29) is 5.91 Å². The number of nitrogens with zero attached hydrogens (tertiary/aromatic N) is 1. The van der Waals surface area contributed by atoms with Crippen LogP contribution in [0, 0.1) is 6.92 Å². The number of halogens is 1. The fraction of sp³-hybridized carbons (Fsp3) is 0.238. The minimum Gasteiger partial charge on any atom is -0.491 e. The third-order valence-corrected chi connectivity index (χ3v) is 5.46. The van der Waals surface area contributed by atoms with Crippen LogP contribution in [-0.4, -0.2) is 31.2 Å². The van der Waals surface area contributed by atoms with Crippen LogP contribution in [0.3, 0.4) is 0 Å². The molecule has 0 spiro atoms. The molecule has 1 heterocycles. The van der Waals surface area contributed by atoms with Crippen LogP contribution in [0.25, 0.3) is 10.6 Å². The average molecular weight is 417 g/mol. The second-order valence-electron chi connectivity index (χ2n) is 6.11. The number of benzene rings is 2. The largest absolute Gasteiger partial charge is 0.491 e. The Morgan fingerprint density at radius 2 is 1.96 bits per heavy atom. The van der Waals surface area contributed by atoms with E-state index in [2.05, 4.69) is 10.3 Å². The number of thiazole rings is 1. The van der Waals surface area contributed by atoms with Gasteiger partial charge in [0.05, 0.1) is 12.3 Å². The van der Waals surface area contributed by atoms with Crippen LogP contribution in [0.5, 0.6) is 5.75 Å². The van der Waals surface area contributed by atoms with Crippen molar-refractivity contribution >= 4 is 28.8 Å². The van der Waals surface area contributed by atoms with E-state index in [9.17, 15) is 4.79 Å². The molecule has 2 aromatic carbocycles. The fourth-order valence-electron chi connectivity index (χ4n) is 2.57. The van der Waals surface area contributed by atoms with Gasteiger partial charge in [0.15, 0.2) is 0 Å². The van der Waals surface area contributed by atoms with E-state index in [0.29, 0.717) is 35.4 Å². The lowest BCUT2D eigenvalue weighted by Crippen LogP contribution is -2.22. The van der Waals surface area contributed by atoms with Gasteiger partial charge >= 0.3 is 0 Å². The molecule has 0 radical (unpaired) electrons. The molecule has 0 saturated carbocycles. The maximum absolute atomic E-state index is 12.6. The smallest absolute Gasteiger partial charge is 0.263 e. The molecule has 0 unspecified atom stereocenters. The highest BCUT2D eigenvalue weighted by molar-refractivity contribution is 7.17. The molecule has 7 heteroatoms. The molecular weight excluding hydrogens is 396 g/mol. The van der Waals surface area contributed by atoms with Crippen LogP contribution < -0.4 is 10.1 Å². The number of carbonyl (C=O) groups excluding carboxylic acids is 1. The molecule has 0 saturated heterocycles. The zero-order chi connectivity index (χ0) is 19.9. The zero-order valence-electron chi connectivity index (χ0n) is 15.7. The van der Waals surface area contributed by atoms with Crippen LogP contribution in [0.1, 0.15) is 20.9 Å². The van der Waals surface area contributed by atoms with E-state index in [1.165, 1.54) is 11.3 Å². The molecule has 146 valence electrons. The Hall–Kier alpha value is -2.41. The van der Waals surface area contributed by atoms with Gasteiger partial charge in [0.2, 0.25) is 0 Å². The Morgan fingerprint density at radius 1 is 1.18 bits per heavy atom. The highest BCUT2D eigenvalue weighted by Gasteiger charge is 2.16. The van der Waals surface area contributed by atoms with E-state index in [1.54, 1.807) is 7.11 Å². The lowest BCUT2D eigenvalue weighted by Gasteiger charge is -2.08. The Kier molecular flexibility index (Phi) is 7.03. The van der Waals surface area contributed by atoms with Crippen molar-refractivity contribution in [2.75, 3.05) is 20.3 Å². The minimum absolute atomic E-state index is 0.138. The summed E-state index contributed by atoms with van der Waals surface area (Å²) in [5.74, 6) is 0.615. The summed E-state index contributed by atoms with van der Waals surface area (Å²) in [6, 6.07) is 15.1. The zero-order valence-corrected chi connectivity index (χ0v) is 17.3. The Balaban J connectivity index is 1.64. The number of amides is 1. The molecule has 0 aliphatic rings. The average Bonchev–Trinajstić information content (AvgIpc) is 3.09. The van der Waals surface area contributed by atoms with Crippen molar-refractivity contribution in [1.82, 2.24) is 10.3 Å². The maximum Gasteiger partial charge on any atom is 0.263 e. The molecule has 28 heavy (non-hydrogen) atoms. The van der Waals surface area contributed by atoms with E-state index < -0.39 is 0 Å². The van der Waals surface area contributed by atoms with Gasteiger partial charge in [-0.25, -0.2) is 4.98 Å². The molecular formula is C21H21ClN2O3S. The number of aryl methyl sites for hydroxylation is 1. The van der Waals surface area contributed by atoms with Crippen LogP contribution in [-0.2, 0) is 11.3 Å². The minimum atomic E-state index is -0.138. The first-order chi connectivity index (χ1) is 13.6. The summed E-state index contributed by atoms with van der Waals surface area (Å²) >= 11 is 7.31. The molecule has 0 atom stereocenters. The van der Waals surface area contributed by atoms with E-state index >= 15 is 0 Å². The molecule has 5 nitrogen and oxygen atoms in total. The first-order valence-electron chi connectivity index (χ1n) is 8.79. The first-order valence-corrected chi connectivity index (χ1v) is 9.98. The number of hydrogen-bond donors (Lipinski definition) is 1.